The van der Waals surface area contributed by atoms with Gasteiger partial charge in [-0.3, -0.25) is 9.79 Å². The molecule has 12 heavy (non-hydrogen) atoms. The molecule has 0 aromatic carbocycles. The molecule has 0 aromatic rings. The second-order valence-corrected chi connectivity index (χ2v) is 2.82. The van der Waals surface area contributed by atoms with Crippen molar-refractivity contribution in [2.75, 3.05) is 0 Å². The van der Waals surface area contributed by atoms with Crippen LogP contribution >= 0.6 is 0 Å². The van der Waals surface area contributed by atoms with Gasteiger partial charge in [-0.1, -0.05) is 0 Å². The fourth-order valence-electron chi connectivity index (χ4n) is 1.28. The number of dihydropyridines is 1. The summed E-state index contributed by atoms with van der Waals surface area (Å²) < 4.78 is 0. The average molecular weight is 160 g/mol. The quantitative estimate of drug-likeness (QED) is 0.523. The Kier molecular flexibility index (Phi) is 1.50. The molecule has 0 radical (unpaired) electrons. The van der Waals surface area contributed by atoms with E-state index < -0.39 is 0 Å². The fourth-order valence-corrected chi connectivity index (χ4v) is 1.28. The zero-order valence-electron chi connectivity index (χ0n) is 6.69. The number of hydrogen-bond acceptors (Lipinski definition) is 2. The van der Waals surface area contributed by atoms with Crippen molar-refractivity contribution in [1.29, 1.82) is 0 Å². The summed E-state index contributed by atoms with van der Waals surface area (Å²) in [4.78, 5) is 18.9. The number of aliphatic imine (C=N–C) groups is 2. The Balaban J connectivity index is 2.43. The summed E-state index contributed by atoms with van der Waals surface area (Å²) in [7, 11) is 0. The number of carbonyl (C=O) groups is 1. The van der Waals surface area contributed by atoms with Crippen LogP contribution in [0.4, 0.5) is 0 Å². The highest BCUT2D eigenvalue weighted by Crippen LogP contribution is 2.21. The highest BCUT2D eigenvalue weighted by atomic mass is 16.1. The minimum atomic E-state index is -0.237. The van der Waals surface area contributed by atoms with Gasteiger partial charge < -0.3 is 0 Å². The van der Waals surface area contributed by atoms with Crippen LogP contribution in [0.1, 0.15) is 6.92 Å². The number of rotatable bonds is 0. The summed E-state index contributed by atoms with van der Waals surface area (Å²) in [5, 5.41) is 0. The van der Waals surface area contributed by atoms with Crippen molar-refractivity contribution in [3.8, 4) is 0 Å². The van der Waals surface area contributed by atoms with E-state index in [0.717, 1.165) is 11.3 Å². The first-order chi connectivity index (χ1) is 5.77. The van der Waals surface area contributed by atoms with Crippen molar-refractivity contribution < 1.29 is 4.79 Å². The molecule has 3 heteroatoms. The minimum absolute atomic E-state index is 0.125. The predicted octanol–water partition coefficient (Wildman–Crippen LogP) is 1.13. The molecule has 2 aliphatic heterocycles. The van der Waals surface area contributed by atoms with Gasteiger partial charge in [-0.2, -0.15) is 0 Å². The number of carbonyl (C=O) groups excluding carboxylic acids is 1. The first kappa shape index (κ1) is 7.16. The number of hydrogen-bond donors (Lipinski definition) is 0. The Morgan fingerprint density at radius 3 is 3.08 bits per heavy atom. The number of allylic oxidation sites excluding steroid dienone is 3. The third-order valence-corrected chi connectivity index (χ3v) is 1.90. The lowest BCUT2D eigenvalue weighted by Gasteiger charge is -2.16. The predicted molar refractivity (Wildman–Crippen MR) is 47.3 cm³/mol. The Morgan fingerprint density at radius 2 is 2.25 bits per heavy atom. The van der Waals surface area contributed by atoms with E-state index in [1.54, 1.807) is 6.21 Å². The molecule has 0 bridgehead atoms. The van der Waals surface area contributed by atoms with Crippen LogP contribution in [0.5, 0.6) is 0 Å². The van der Waals surface area contributed by atoms with Crippen LogP contribution in [-0.2, 0) is 4.79 Å². The summed E-state index contributed by atoms with van der Waals surface area (Å²) in [5.41, 5.74) is 1.92. The monoisotopic (exact) mass is 160 g/mol. The van der Waals surface area contributed by atoms with E-state index in [1.165, 1.54) is 6.21 Å². The van der Waals surface area contributed by atoms with Crippen LogP contribution in [-0.4, -0.2) is 18.3 Å². The van der Waals surface area contributed by atoms with E-state index in [2.05, 4.69) is 9.98 Å². The number of amides is 1. The fraction of sp³-hybridized carbons (Fsp3) is 0.222. The van der Waals surface area contributed by atoms with Gasteiger partial charge in [0, 0.05) is 18.1 Å². The van der Waals surface area contributed by atoms with E-state index in [-0.39, 0.29) is 11.8 Å². The molecule has 0 spiro atoms. The topological polar surface area (TPSA) is 41.8 Å². The molecule has 2 rings (SSSR count). The second-order valence-electron chi connectivity index (χ2n) is 2.82. The van der Waals surface area contributed by atoms with Crippen molar-refractivity contribution in [3.63, 3.8) is 0 Å². The maximum absolute atomic E-state index is 11.2. The molecule has 1 atom stereocenters. The first-order valence-corrected chi connectivity index (χ1v) is 3.78. The first-order valence-electron chi connectivity index (χ1n) is 3.78. The van der Waals surface area contributed by atoms with E-state index >= 15 is 0 Å². The normalized spacial score (nSPS) is 26.4. The summed E-state index contributed by atoms with van der Waals surface area (Å²) in [6, 6.07) is 0. The van der Waals surface area contributed by atoms with Crippen molar-refractivity contribution in [3.05, 3.63) is 23.4 Å². The third kappa shape index (κ3) is 1.03. The highest BCUT2D eigenvalue weighted by molar-refractivity contribution is 6.06. The van der Waals surface area contributed by atoms with E-state index in [9.17, 15) is 4.79 Å². The van der Waals surface area contributed by atoms with E-state index in [4.69, 9.17) is 0 Å². The van der Waals surface area contributed by atoms with Gasteiger partial charge in [-0.15, -0.1) is 0 Å². The van der Waals surface area contributed by atoms with Gasteiger partial charge in [0.05, 0.1) is 0 Å². The average Bonchev–Trinajstić information content (AvgIpc) is 2.04. The van der Waals surface area contributed by atoms with Gasteiger partial charge >= 0.3 is 0 Å². The molecule has 0 aromatic heterocycles. The third-order valence-electron chi connectivity index (χ3n) is 1.90. The molecule has 2 heterocycles. The van der Waals surface area contributed by atoms with Crippen LogP contribution in [0, 0.1) is 5.92 Å². The van der Waals surface area contributed by atoms with Gasteiger partial charge in [-0.25, -0.2) is 4.99 Å². The Hall–Kier alpha value is -1.51. The zero-order valence-corrected chi connectivity index (χ0v) is 6.69. The van der Waals surface area contributed by atoms with Gasteiger partial charge in [-0.05, 0) is 24.6 Å². The summed E-state index contributed by atoms with van der Waals surface area (Å²) in [5.74, 6) is -0.362. The van der Waals surface area contributed by atoms with Gasteiger partial charge in [0.15, 0.2) is 0 Å². The maximum Gasteiger partial charge on any atom is 0.258 e. The van der Waals surface area contributed by atoms with Crippen molar-refractivity contribution in [2.45, 2.75) is 6.92 Å². The van der Waals surface area contributed by atoms with Crippen LogP contribution in [0.15, 0.2) is 33.4 Å². The standard InChI is InChI=1S/C9H8N2O/c1-6-4-7-2-3-10-9(12)8(7)5-11-6/h2-5,8H,1H3. The molecule has 1 amide bonds. The highest BCUT2D eigenvalue weighted by Gasteiger charge is 2.23. The maximum atomic E-state index is 11.2. The molecule has 0 aliphatic carbocycles. The molecule has 1 unspecified atom stereocenters. The lowest BCUT2D eigenvalue weighted by molar-refractivity contribution is -0.118. The van der Waals surface area contributed by atoms with Crippen LogP contribution < -0.4 is 0 Å². The van der Waals surface area contributed by atoms with Gasteiger partial charge in [0.1, 0.15) is 5.92 Å². The molecule has 0 saturated heterocycles. The molecule has 60 valence electrons. The van der Waals surface area contributed by atoms with E-state index in [1.807, 2.05) is 19.1 Å². The Labute approximate surface area is 70.2 Å². The summed E-state index contributed by atoms with van der Waals surface area (Å²) in [6.07, 6.45) is 6.95. The minimum Gasteiger partial charge on any atom is -0.271 e. The van der Waals surface area contributed by atoms with Gasteiger partial charge in [0.25, 0.3) is 5.91 Å². The molecule has 0 N–H and O–H groups in total. The lowest BCUT2D eigenvalue weighted by atomic mass is 9.95. The number of fused-ring (bicyclic) bond motifs is 1. The van der Waals surface area contributed by atoms with Crippen LogP contribution in [0.3, 0.4) is 0 Å². The zero-order chi connectivity index (χ0) is 8.55. The summed E-state index contributed by atoms with van der Waals surface area (Å²) >= 11 is 0. The van der Waals surface area contributed by atoms with Crippen LogP contribution in [0.2, 0.25) is 0 Å². The van der Waals surface area contributed by atoms with Crippen LogP contribution in [0.25, 0.3) is 0 Å². The molecular formula is C9H8N2O. The van der Waals surface area contributed by atoms with Crippen molar-refractivity contribution in [1.82, 2.24) is 0 Å². The molecular weight excluding hydrogens is 152 g/mol. The molecule has 0 fully saturated rings. The second kappa shape index (κ2) is 2.52. The van der Waals surface area contributed by atoms with Crippen molar-refractivity contribution >= 4 is 18.3 Å². The Morgan fingerprint density at radius 1 is 1.42 bits per heavy atom. The molecule has 2 aliphatic rings. The molecule has 3 nitrogen and oxygen atoms in total. The summed E-state index contributed by atoms with van der Waals surface area (Å²) in [6.45, 7) is 1.91. The SMILES string of the molecule is CC1=CC2=CC=NC(=O)C2C=N1. The van der Waals surface area contributed by atoms with Gasteiger partial charge in [0.2, 0.25) is 0 Å². The number of nitrogens with zero attached hydrogens (tertiary/aromatic N) is 2. The van der Waals surface area contributed by atoms with E-state index in [0.29, 0.717) is 0 Å². The largest absolute Gasteiger partial charge is 0.271 e. The molecule has 0 saturated carbocycles. The van der Waals surface area contributed by atoms with Crippen molar-refractivity contribution in [2.24, 2.45) is 15.9 Å². The lowest BCUT2D eigenvalue weighted by Crippen LogP contribution is -2.20. The Bertz CT molecular complexity index is 348. The smallest absolute Gasteiger partial charge is 0.258 e.